The molecule has 3 nitrogen and oxygen atoms in total. The molecule has 22 heavy (non-hydrogen) atoms. The fraction of sp³-hybridized carbons (Fsp3) is 0.647. The minimum Gasteiger partial charge on any atom is -0.399 e. The summed E-state index contributed by atoms with van der Waals surface area (Å²) in [5, 5.41) is 0. The number of rotatable bonds is 2. The van der Waals surface area contributed by atoms with E-state index in [1.54, 1.807) is 0 Å². The van der Waals surface area contributed by atoms with Gasteiger partial charge < -0.3 is 14.0 Å². The Hall–Kier alpha value is -0.355. The number of halogens is 1. The van der Waals surface area contributed by atoms with E-state index in [9.17, 15) is 0 Å². The highest BCUT2D eigenvalue weighted by Crippen LogP contribution is 2.37. The van der Waals surface area contributed by atoms with Crippen LogP contribution in [0.25, 0.3) is 0 Å². The molecule has 1 aromatic rings. The summed E-state index contributed by atoms with van der Waals surface area (Å²) in [5.74, 6) is 0.579. The molecular weight excluding hydrogens is 343 g/mol. The summed E-state index contributed by atoms with van der Waals surface area (Å²) < 4.78 is 18.9. The van der Waals surface area contributed by atoms with Crippen LogP contribution in [0.3, 0.4) is 0 Å². The van der Waals surface area contributed by atoms with Crippen LogP contribution in [0.4, 0.5) is 0 Å². The second-order valence-electron chi connectivity index (χ2n) is 7.26. The molecule has 2 saturated heterocycles. The predicted octanol–water partition coefficient (Wildman–Crippen LogP) is 3.64. The monoisotopic (exact) mass is 366 g/mol. The molecule has 2 heterocycles. The first kappa shape index (κ1) is 16.5. The van der Waals surface area contributed by atoms with E-state index in [1.807, 2.05) is 0 Å². The first-order chi connectivity index (χ1) is 10.3. The van der Waals surface area contributed by atoms with E-state index in [1.165, 1.54) is 5.56 Å². The minimum absolute atomic E-state index is 0.301. The highest BCUT2D eigenvalue weighted by molar-refractivity contribution is 9.10. The van der Waals surface area contributed by atoms with Crippen molar-refractivity contribution in [3.05, 3.63) is 28.2 Å². The van der Waals surface area contributed by atoms with Crippen LogP contribution in [-0.2, 0) is 14.0 Å². The van der Waals surface area contributed by atoms with E-state index in [2.05, 4.69) is 61.8 Å². The third-order valence-corrected chi connectivity index (χ3v) is 5.90. The van der Waals surface area contributed by atoms with Crippen molar-refractivity contribution in [3.63, 3.8) is 0 Å². The zero-order valence-corrected chi connectivity index (χ0v) is 15.4. The maximum atomic E-state index is 6.13. The summed E-state index contributed by atoms with van der Waals surface area (Å²) in [5.41, 5.74) is 1.83. The van der Waals surface area contributed by atoms with Gasteiger partial charge in [-0.3, -0.25) is 0 Å². The summed E-state index contributed by atoms with van der Waals surface area (Å²) in [6.07, 6.45) is 2.18. The molecule has 0 radical (unpaired) electrons. The lowest BCUT2D eigenvalue weighted by atomic mass is 9.78. The van der Waals surface area contributed by atoms with E-state index >= 15 is 0 Å². The molecule has 5 heteroatoms. The molecule has 0 unspecified atom stereocenters. The summed E-state index contributed by atoms with van der Waals surface area (Å²) in [6, 6.07) is 6.49. The Morgan fingerprint density at radius 1 is 1.05 bits per heavy atom. The lowest BCUT2D eigenvalue weighted by Crippen LogP contribution is -2.41. The molecule has 0 atom stereocenters. The Morgan fingerprint density at radius 2 is 1.64 bits per heavy atom. The maximum Gasteiger partial charge on any atom is 0.494 e. The Balaban J connectivity index is 1.81. The van der Waals surface area contributed by atoms with Crippen molar-refractivity contribution in [2.75, 3.05) is 13.2 Å². The van der Waals surface area contributed by atoms with Crippen LogP contribution >= 0.6 is 15.9 Å². The van der Waals surface area contributed by atoms with Gasteiger partial charge in [-0.2, -0.15) is 0 Å². The topological polar surface area (TPSA) is 27.7 Å². The fourth-order valence-corrected chi connectivity index (χ4v) is 3.73. The van der Waals surface area contributed by atoms with Crippen molar-refractivity contribution in [3.8, 4) is 0 Å². The Labute approximate surface area is 142 Å². The fourth-order valence-electron chi connectivity index (χ4n) is 3.01. The molecule has 0 saturated carbocycles. The summed E-state index contributed by atoms with van der Waals surface area (Å²) in [6.45, 7) is 10.0. The molecule has 2 aliphatic rings. The lowest BCUT2D eigenvalue weighted by Gasteiger charge is -2.32. The molecule has 0 bridgehead atoms. The molecule has 1 aromatic carbocycles. The maximum absolute atomic E-state index is 6.13. The smallest absolute Gasteiger partial charge is 0.399 e. The largest absolute Gasteiger partial charge is 0.494 e. The SMILES string of the molecule is CC1(C)OB(c2ccc(C3CCOCC3)c(Br)c2)OC1(C)C. The first-order valence-electron chi connectivity index (χ1n) is 8.03. The molecule has 0 N–H and O–H groups in total. The molecule has 3 rings (SSSR count). The van der Waals surface area contributed by atoms with Crippen molar-refractivity contribution >= 4 is 28.5 Å². The second-order valence-corrected chi connectivity index (χ2v) is 8.11. The van der Waals surface area contributed by atoms with Gasteiger partial charge in [0.05, 0.1) is 11.2 Å². The van der Waals surface area contributed by atoms with Crippen molar-refractivity contribution < 1.29 is 14.0 Å². The molecular formula is C17H24BBrO3. The van der Waals surface area contributed by atoms with Gasteiger partial charge in [0.15, 0.2) is 0 Å². The van der Waals surface area contributed by atoms with Crippen LogP contribution in [0, 0.1) is 0 Å². The normalized spacial score (nSPS) is 24.7. The molecule has 0 aliphatic carbocycles. The van der Waals surface area contributed by atoms with Crippen LogP contribution in [0.5, 0.6) is 0 Å². The van der Waals surface area contributed by atoms with E-state index in [0.717, 1.165) is 36.0 Å². The average molecular weight is 367 g/mol. The van der Waals surface area contributed by atoms with Crippen molar-refractivity contribution in [2.24, 2.45) is 0 Å². The second kappa shape index (κ2) is 5.93. The van der Waals surface area contributed by atoms with Gasteiger partial charge in [-0.25, -0.2) is 0 Å². The van der Waals surface area contributed by atoms with Crippen molar-refractivity contribution in [1.29, 1.82) is 0 Å². The van der Waals surface area contributed by atoms with Crippen molar-refractivity contribution in [1.82, 2.24) is 0 Å². The van der Waals surface area contributed by atoms with E-state index in [4.69, 9.17) is 14.0 Å². The highest BCUT2D eigenvalue weighted by Gasteiger charge is 2.51. The highest BCUT2D eigenvalue weighted by atomic mass is 79.9. The van der Waals surface area contributed by atoms with Crippen molar-refractivity contribution in [2.45, 2.75) is 57.7 Å². The summed E-state index contributed by atoms with van der Waals surface area (Å²) >= 11 is 3.73. The van der Waals surface area contributed by atoms with E-state index in [0.29, 0.717) is 5.92 Å². The van der Waals surface area contributed by atoms with Gasteiger partial charge in [0, 0.05) is 17.7 Å². The third-order valence-electron chi connectivity index (χ3n) is 5.21. The van der Waals surface area contributed by atoms with E-state index in [-0.39, 0.29) is 18.3 Å². The van der Waals surface area contributed by atoms with Gasteiger partial charge >= 0.3 is 7.12 Å². The number of ether oxygens (including phenoxy) is 1. The Morgan fingerprint density at radius 3 is 2.18 bits per heavy atom. The number of benzene rings is 1. The van der Waals surface area contributed by atoms with Gasteiger partial charge in [0.2, 0.25) is 0 Å². The predicted molar refractivity (Wildman–Crippen MR) is 92.7 cm³/mol. The molecule has 120 valence electrons. The standard InChI is InChI=1S/C17H24BBrO3/c1-16(2)17(3,4)22-18(21-16)13-5-6-14(15(19)11-13)12-7-9-20-10-8-12/h5-6,11-12H,7-10H2,1-4H3. The van der Waals surface area contributed by atoms with Gasteiger partial charge in [0.25, 0.3) is 0 Å². The Bertz CT molecular complexity index is 537. The minimum atomic E-state index is -0.302. The zero-order valence-electron chi connectivity index (χ0n) is 13.8. The first-order valence-corrected chi connectivity index (χ1v) is 8.82. The number of hydrogen-bond acceptors (Lipinski definition) is 3. The van der Waals surface area contributed by atoms with E-state index < -0.39 is 0 Å². The zero-order chi connectivity index (χ0) is 16.0. The van der Waals surface area contributed by atoms with Gasteiger partial charge in [0.1, 0.15) is 0 Å². The van der Waals surface area contributed by atoms with Crippen LogP contribution in [0.2, 0.25) is 0 Å². The van der Waals surface area contributed by atoms with Crippen LogP contribution < -0.4 is 5.46 Å². The molecule has 0 spiro atoms. The number of hydrogen-bond donors (Lipinski definition) is 0. The van der Waals surface area contributed by atoms with Crippen LogP contribution in [-0.4, -0.2) is 31.5 Å². The summed E-state index contributed by atoms with van der Waals surface area (Å²) in [7, 11) is -0.301. The average Bonchev–Trinajstić information content (AvgIpc) is 2.68. The quantitative estimate of drug-likeness (QED) is 0.748. The van der Waals surface area contributed by atoms with Gasteiger partial charge in [-0.15, -0.1) is 0 Å². The van der Waals surface area contributed by atoms with Crippen LogP contribution in [0.15, 0.2) is 22.7 Å². The summed E-state index contributed by atoms with van der Waals surface area (Å²) in [4.78, 5) is 0. The third kappa shape index (κ3) is 3.01. The molecule has 2 fully saturated rings. The van der Waals surface area contributed by atoms with Gasteiger partial charge in [-0.05, 0) is 63.5 Å². The van der Waals surface area contributed by atoms with Gasteiger partial charge in [-0.1, -0.05) is 28.1 Å². The lowest BCUT2D eigenvalue weighted by molar-refractivity contribution is 0.00578. The van der Waals surface area contributed by atoms with Crippen LogP contribution in [0.1, 0.15) is 52.0 Å². The Kier molecular flexibility index (Phi) is 4.45. The molecule has 0 amide bonds. The molecule has 2 aliphatic heterocycles. The molecule has 0 aromatic heterocycles.